The van der Waals surface area contributed by atoms with E-state index in [4.69, 9.17) is 4.98 Å². The molecule has 3 aromatic rings. The van der Waals surface area contributed by atoms with Crippen LogP contribution in [-0.4, -0.2) is 31.2 Å². The van der Waals surface area contributed by atoms with Crippen LogP contribution >= 0.6 is 22.6 Å². The number of fused-ring (bicyclic) bond motifs is 1. The number of halogens is 1. The normalized spacial score (nSPS) is 12.2. The van der Waals surface area contributed by atoms with Gasteiger partial charge in [-0.15, -0.1) is 0 Å². The lowest BCUT2D eigenvalue weighted by atomic mass is 9.91. The third-order valence-corrected chi connectivity index (χ3v) is 3.93. The number of hydrogen-bond acceptors (Lipinski definition) is 5. The Hall–Kier alpha value is -2.03. The molecule has 24 heavy (non-hydrogen) atoms. The highest BCUT2D eigenvalue weighted by Crippen LogP contribution is 2.28. The second-order valence-electron chi connectivity index (χ2n) is 6.45. The summed E-state index contributed by atoms with van der Waals surface area (Å²) in [4.78, 5) is 21.4. The number of anilines is 1. The Labute approximate surface area is 154 Å². The van der Waals surface area contributed by atoms with Crippen LogP contribution in [0.25, 0.3) is 22.7 Å². The molecular formula is C17H19IN6. The van der Waals surface area contributed by atoms with Gasteiger partial charge in [-0.2, -0.15) is 0 Å². The number of pyridine rings is 2. The molecule has 3 rings (SSSR count). The minimum Gasteiger partial charge on any atom is -0.385 e. The number of imidazole rings is 1. The van der Waals surface area contributed by atoms with Gasteiger partial charge in [-0.3, -0.25) is 0 Å². The number of aromatic amines is 1. The summed E-state index contributed by atoms with van der Waals surface area (Å²) in [5.41, 5.74) is 4.16. The van der Waals surface area contributed by atoms with Gasteiger partial charge in [0.2, 0.25) is 0 Å². The van der Waals surface area contributed by atoms with Crippen LogP contribution in [0.5, 0.6) is 0 Å². The van der Waals surface area contributed by atoms with Crippen molar-refractivity contribution in [3.8, 4) is 11.5 Å². The third kappa shape index (κ3) is 3.26. The molecule has 0 bridgehead atoms. The number of hydrogen-bond donors (Lipinski definition) is 2. The van der Waals surface area contributed by atoms with Gasteiger partial charge >= 0.3 is 0 Å². The van der Waals surface area contributed by atoms with Gasteiger partial charge in [-0.1, -0.05) is 26.8 Å². The molecule has 0 fully saturated rings. The van der Waals surface area contributed by atoms with Crippen molar-refractivity contribution >= 4 is 49.5 Å². The number of nitrogens with one attached hydrogen (secondary N) is 2. The van der Waals surface area contributed by atoms with Crippen LogP contribution in [0.15, 0.2) is 29.3 Å². The van der Waals surface area contributed by atoms with E-state index in [2.05, 4.69) is 68.6 Å². The van der Waals surface area contributed by atoms with Gasteiger partial charge in [0.1, 0.15) is 5.69 Å². The summed E-state index contributed by atoms with van der Waals surface area (Å²) < 4.78 is 1.69. The Bertz CT molecular complexity index is 907. The summed E-state index contributed by atoms with van der Waals surface area (Å²) in [5.74, 6) is 1.33. The highest BCUT2D eigenvalue weighted by molar-refractivity contribution is 14.1. The average Bonchev–Trinajstić information content (AvgIpc) is 2.96. The zero-order valence-corrected chi connectivity index (χ0v) is 16.2. The molecule has 6 nitrogen and oxygen atoms in total. The van der Waals surface area contributed by atoms with E-state index in [-0.39, 0.29) is 5.41 Å². The summed E-state index contributed by atoms with van der Waals surface area (Å²) in [5, 5.41) is 3.11. The molecule has 124 valence electrons. The lowest BCUT2D eigenvalue weighted by molar-refractivity contribution is 0.569. The van der Waals surface area contributed by atoms with E-state index in [0.29, 0.717) is 17.3 Å². The second-order valence-corrected chi connectivity index (χ2v) is 7.01. The largest absolute Gasteiger partial charge is 0.385 e. The Morgan fingerprint density at radius 1 is 1.21 bits per heavy atom. The number of nitrogens with zero attached hydrogens (tertiary/aromatic N) is 4. The summed E-state index contributed by atoms with van der Waals surface area (Å²) in [7, 11) is 1.85. The molecule has 3 heterocycles. The molecule has 0 atom stereocenters. The molecule has 3 aromatic heterocycles. The fourth-order valence-corrected chi connectivity index (χ4v) is 2.63. The van der Waals surface area contributed by atoms with Gasteiger partial charge in [-0.05, 0) is 40.8 Å². The molecule has 2 N–H and O–H groups in total. The van der Waals surface area contributed by atoms with Crippen molar-refractivity contribution in [1.29, 1.82) is 0 Å². The van der Waals surface area contributed by atoms with Crippen LogP contribution in [0.3, 0.4) is 0 Å². The molecular weight excluding hydrogens is 415 g/mol. The maximum Gasteiger partial charge on any atom is 0.180 e. The minimum atomic E-state index is -0.0122. The predicted molar refractivity (Wildman–Crippen MR) is 108 cm³/mol. The van der Waals surface area contributed by atoms with Crippen LogP contribution < -0.4 is 5.32 Å². The fourth-order valence-electron chi connectivity index (χ4n) is 2.37. The monoisotopic (exact) mass is 434 g/mol. The van der Waals surface area contributed by atoms with E-state index in [1.165, 1.54) is 0 Å². The summed E-state index contributed by atoms with van der Waals surface area (Å²) >= 11 is 2.08. The molecule has 0 saturated carbocycles. The second kappa shape index (κ2) is 6.46. The predicted octanol–water partition coefficient (Wildman–Crippen LogP) is 4.45. The van der Waals surface area contributed by atoms with Crippen molar-refractivity contribution in [2.75, 3.05) is 12.4 Å². The maximum absolute atomic E-state index is 4.74. The maximum atomic E-state index is 4.74. The summed E-state index contributed by atoms with van der Waals surface area (Å²) in [6.45, 7) is 6.44. The fraction of sp³-hybridized carbons (Fsp3) is 0.294. The van der Waals surface area contributed by atoms with E-state index in [9.17, 15) is 0 Å². The highest BCUT2D eigenvalue weighted by atomic mass is 127. The number of rotatable bonds is 3. The van der Waals surface area contributed by atoms with E-state index in [1.54, 1.807) is 4.22 Å². The van der Waals surface area contributed by atoms with E-state index in [0.717, 1.165) is 22.6 Å². The van der Waals surface area contributed by atoms with Crippen molar-refractivity contribution in [3.05, 3.63) is 30.0 Å². The van der Waals surface area contributed by atoms with Crippen molar-refractivity contribution in [2.45, 2.75) is 26.2 Å². The van der Waals surface area contributed by atoms with Gasteiger partial charge in [0, 0.05) is 18.2 Å². The molecule has 0 aromatic carbocycles. The lowest BCUT2D eigenvalue weighted by Gasteiger charge is -2.17. The summed E-state index contributed by atoms with van der Waals surface area (Å²) in [6.07, 6.45) is 0. The first-order chi connectivity index (χ1) is 11.4. The molecule has 0 radical (unpaired) electrons. The van der Waals surface area contributed by atoms with E-state index >= 15 is 0 Å². The Balaban J connectivity index is 2.11. The van der Waals surface area contributed by atoms with Gasteiger partial charge in [0.15, 0.2) is 17.3 Å². The molecule has 0 spiro atoms. The zero-order chi connectivity index (χ0) is 17.3. The van der Waals surface area contributed by atoms with Crippen molar-refractivity contribution in [1.82, 2.24) is 19.9 Å². The van der Waals surface area contributed by atoms with Crippen LogP contribution in [-0.2, 0) is 5.41 Å². The van der Waals surface area contributed by atoms with Gasteiger partial charge < -0.3 is 10.3 Å². The van der Waals surface area contributed by atoms with Crippen molar-refractivity contribution < 1.29 is 0 Å². The molecule has 0 aliphatic carbocycles. The SMILES string of the molecule is CNc1cc2[nH]c(-c3cccc(C(C)(C)C)n3)nc2nc1N=CI. The topological polar surface area (TPSA) is 78.9 Å². The molecule has 0 saturated heterocycles. The molecule has 0 aliphatic heterocycles. The molecule has 0 amide bonds. The van der Waals surface area contributed by atoms with E-state index < -0.39 is 0 Å². The Morgan fingerprint density at radius 3 is 2.67 bits per heavy atom. The Kier molecular flexibility index (Phi) is 4.53. The highest BCUT2D eigenvalue weighted by Gasteiger charge is 2.17. The average molecular weight is 434 g/mol. The van der Waals surface area contributed by atoms with Crippen LogP contribution in [0.2, 0.25) is 0 Å². The standard InChI is InChI=1S/C17H19IN6/c1-17(2,3)13-7-5-6-10(21-13)15-22-12-8-11(19-4)14(20-9-18)23-16(12)24-15/h5-9,19H,1-4H3,(H,22,23,24). The first-order valence-corrected chi connectivity index (χ1v) is 8.86. The van der Waals surface area contributed by atoms with Crippen LogP contribution in [0.4, 0.5) is 11.5 Å². The first-order valence-electron chi connectivity index (χ1n) is 7.61. The van der Waals surface area contributed by atoms with Gasteiger partial charge in [0.25, 0.3) is 0 Å². The molecule has 0 unspecified atom stereocenters. The van der Waals surface area contributed by atoms with Gasteiger partial charge in [-0.25, -0.2) is 19.9 Å². The first kappa shape index (κ1) is 16.8. The van der Waals surface area contributed by atoms with Crippen LogP contribution in [0, 0.1) is 0 Å². The Morgan fingerprint density at radius 2 is 2.00 bits per heavy atom. The number of aromatic nitrogens is 4. The molecule has 7 heteroatoms. The van der Waals surface area contributed by atoms with Gasteiger partial charge in [0.05, 0.1) is 15.4 Å². The zero-order valence-electron chi connectivity index (χ0n) is 14.1. The van der Waals surface area contributed by atoms with Crippen molar-refractivity contribution in [2.24, 2.45) is 4.99 Å². The lowest BCUT2D eigenvalue weighted by Crippen LogP contribution is -2.13. The molecule has 0 aliphatic rings. The van der Waals surface area contributed by atoms with E-state index in [1.807, 2.05) is 31.3 Å². The smallest absolute Gasteiger partial charge is 0.180 e. The minimum absolute atomic E-state index is 0.0122. The van der Waals surface area contributed by atoms with Crippen molar-refractivity contribution in [3.63, 3.8) is 0 Å². The number of H-pyrrole nitrogens is 1. The summed E-state index contributed by atoms with van der Waals surface area (Å²) in [6, 6.07) is 7.96. The quantitative estimate of drug-likeness (QED) is 0.472. The number of aliphatic imine (C=N–C) groups is 1. The van der Waals surface area contributed by atoms with Crippen LogP contribution in [0.1, 0.15) is 26.5 Å². The third-order valence-electron chi connectivity index (χ3n) is 3.65.